The topological polar surface area (TPSA) is 114 Å². The van der Waals surface area contributed by atoms with E-state index in [1.807, 2.05) is 18.3 Å². The minimum Gasteiger partial charge on any atom is -0.454 e. The van der Waals surface area contributed by atoms with E-state index in [2.05, 4.69) is 15.4 Å². The molecular formula is C20H19F2N3O5. The number of amides is 4. The molecule has 0 saturated heterocycles. The molecule has 0 bridgehead atoms. The van der Waals surface area contributed by atoms with Gasteiger partial charge in [0.25, 0.3) is 11.8 Å². The van der Waals surface area contributed by atoms with Gasteiger partial charge in [0.1, 0.15) is 18.2 Å². The highest BCUT2D eigenvalue weighted by Gasteiger charge is 2.15. The van der Waals surface area contributed by atoms with E-state index >= 15 is 0 Å². The quantitative estimate of drug-likeness (QED) is 0.622. The number of ether oxygens (including phenoxy) is 1. The fourth-order valence-corrected chi connectivity index (χ4v) is 2.32. The average Bonchev–Trinajstić information content (AvgIpc) is 2.68. The number of hydrogen-bond donors (Lipinski definition) is 3. The van der Waals surface area contributed by atoms with Crippen LogP contribution in [0.4, 0.5) is 19.3 Å². The van der Waals surface area contributed by atoms with Crippen molar-refractivity contribution in [3.63, 3.8) is 0 Å². The van der Waals surface area contributed by atoms with Crippen LogP contribution in [0.15, 0.2) is 36.4 Å². The molecule has 0 unspecified atom stereocenters. The fraction of sp³-hybridized carbons (Fsp3) is 0.200. The number of urea groups is 1. The Hall–Kier alpha value is -3.82. The van der Waals surface area contributed by atoms with Crippen LogP contribution >= 0.6 is 0 Å². The summed E-state index contributed by atoms with van der Waals surface area (Å²) in [6.45, 7) is 2.25. The monoisotopic (exact) mass is 419 g/mol. The lowest BCUT2D eigenvalue weighted by Gasteiger charge is -2.11. The van der Waals surface area contributed by atoms with Crippen molar-refractivity contribution in [2.75, 3.05) is 18.5 Å². The van der Waals surface area contributed by atoms with Gasteiger partial charge >= 0.3 is 12.0 Å². The Morgan fingerprint density at radius 3 is 2.47 bits per heavy atom. The number of imide groups is 1. The van der Waals surface area contributed by atoms with E-state index in [0.29, 0.717) is 11.8 Å². The summed E-state index contributed by atoms with van der Waals surface area (Å²) in [5, 5.41) is 6.58. The lowest BCUT2D eigenvalue weighted by atomic mass is 10.1. The molecule has 0 aliphatic rings. The van der Waals surface area contributed by atoms with Gasteiger partial charge < -0.3 is 15.4 Å². The minimum atomic E-state index is -1.09. The molecule has 0 heterocycles. The molecule has 2 rings (SSSR count). The molecule has 0 aliphatic heterocycles. The van der Waals surface area contributed by atoms with Crippen molar-refractivity contribution >= 4 is 29.5 Å². The van der Waals surface area contributed by atoms with Crippen molar-refractivity contribution in [2.24, 2.45) is 0 Å². The lowest BCUT2D eigenvalue weighted by Crippen LogP contribution is -2.38. The van der Waals surface area contributed by atoms with Crippen LogP contribution in [0.25, 0.3) is 0 Å². The van der Waals surface area contributed by atoms with E-state index in [1.54, 1.807) is 19.1 Å². The highest BCUT2D eigenvalue weighted by atomic mass is 19.1. The Labute approximate surface area is 170 Å². The summed E-state index contributed by atoms with van der Waals surface area (Å²) in [5.74, 6) is -4.77. The zero-order valence-electron chi connectivity index (χ0n) is 16.2. The lowest BCUT2D eigenvalue weighted by molar-refractivity contribution is -0.147. The fourth-order valence-electron chi connectivity index (χ4n) is 2.32. The van der Waals surface area contributed by atoms with Gasteiger partial charge in [-0.1, -0.05) is 12.1 Å². The van der Waals surface area contributed by atoms with E-state index in [4.69, 9.17) is 0 Å². The average molecular weight is 419 g/mol. The second kappa shape index (κ2) is 10.1. The maximum absolute atomic E-state index is 13.5. The standard InChI is InChI=1S/C20H19F2N3O5/c1-11-4-3-5-16(12(11)2)24-20(29)25-17(26)10-30-18(27)9-23-19(28)14-7-6-13(21)8-15(14)22/h3-8H,9-10H2,1-2H3,(H,23,28)(H2,24,25,26,29). The van der Waals surface area contributed by atoms with Gasteiger partial charge in [0.15, 0.2) is 6.61 Å². The molecule has 0 radical (unpaired) electrons. The van der Waals surface area contributed by atoms with Crippen LogP contribution < -0.4 is 16.0 Å². The molecule has 30 heavy (non-hydrogen) atoms. The zero-order valence-corrected chi connectivity index (χ0v) is 16.2. The summed E-state index contributed by atoms with van der Waals surface area (Å²) < 4.78 is 31.0. The van der Waals surface area contributed by atoms with Crippen LogP contribution in [0.5, 0.6) is 0 Å². The van der Waals surface area contributed by atoms with Crippen LogP contribution in [-0.2, 0) is 14.3 Å². The van der Waals surface area contributed by atoms with Gasteiger partial charge in [-0.25, -0.2) is 13.6 Å². The van der Waals surface area contributed by atoms with Crippen LogP contribution in [0.3, 0.4) is 0 Å². The maximum atomic E-state index is 13.5. The summed E-state index contributed by atoms with van der Waals surface area (Å²) in [7, 11) is 0. The number of aryl methyl sites for hydroxylation is 1. The SMILES string of the molecule is Cc1cccc(NC(=O)NC(=O)COC(=O)CNC(=O)c2ccc(F)cc2F)c1C. The molecule has 2 aromatic rings. The first-order valence-corrected chi connectivity index (χ1v) is 8.73. The molecule has 0 aliphatic carbocycles. The molecule has 0 fully saturated rings. The second-order valence-electron chi connectivity index (χ2n) is 6.22. The molecule has 0 atom stereocenters. The number of halogens is 2. The first-order valence-electron chi connectivity index (χ1n) is 8.73. The number of nitrogens with one attached hydrogen (secondary N) is 3. The van der Waals surface area contributed by atoms with Gasteiger partial charge in [0, 0.05) is 11.8 Å². The molecule has 8 nitrogen and oxygen atoms in total. The number of hydrogen-bond acceptors (Lipinski definition) is 5. The predicted molar refractivity (Wildman–Crippen MR) is 103 cm³/mol. The second-order valence-corrected chi connectivity index (χ2v) is 6.22. The summed E-state index contributed by atoms with van der Waals surface area (Å²) in [6, 6.07) is 6.82. The zero-order chi connectivity index (χ0) is 22.3. The number of rotatable bonds is 6. The Kier molecular flexibility index (Phi) is 7.56. The summed E-state index contributed by atoms with van der Waals surface area (Å²) in [5.41, 5.74) is 1.86. The van der Waals surface area contributed by atoms with E-state index < -0.39 is 54.2 Å². The largest absolute Gasteiger partial charge is 0.454 e. The Bertz CT molecular complexity index is 994. The van der Waals surface area contributed by atoms with Crippen molar-refractivity contribution in [2.45, 2.75) is 13.8 Å². The van der Waals surface area contributed by atoms with E-state index in [1.165, 1.54) is 0 Å². The summed E-state index contributed by atoms with van der Waals surface area (Å²) in [4.78, 5) is 47.0. The van der Waals surface area contributed by atoms with Crippen molar-refractivity contribution in [3.8, 4) is 0 Å². The van der Waals surface area contributed by atoms with Crippen LogP contribution in [0.1, 0.15) is 21.5 Å². The van der Waals surface area contributed by atoms with E-state index in [9.17, 15) is 28.0 Å². The van der Waals surface area contributed by atoms with Crippen LogP contribution in [-0.4, -0.2) is 37.0 Å². The Morgan fingerprint density at radius 2 is 1.77 bits per heavy atom. The molecule has 10 heteroatoms. The number of esters is 1. The van der Waals surface area contributed by atoms with Gasteiger partial charge in [-0.2, -0.15) is 0 Å². The number of carbonyl (C=O) groups excluding carboxylic acids is 4. The minimum absolute atomic E-state index is 0.454. The molecule has 158 valence electrons. The Balaban J connectivity index is 1.74. The third kappa shape index (κ3) is 6.36. The number of anilines is 1. The van der Waals surface area contributed by atoms with Gasteiger partial charge in [-0.3, -0.25) is 19.7 Å². The van der Waals surface area contributed by atoms with Gasteiger partial charge in [-0.15, -0.1) is 0 Å². The number of carbonyl (C=O) groups is 4. The maximum Gasteiger partial charge on any atom is 0.325 e. The first kappa shape index (κ1) is 22.5. The third-order valence-electron chi connectivity index (χ3n) is 4.04. The summed E-state index contributed by atoms with van der Waals surface area (Å²) in [6.07, 6.45) is 0. The predicted octanol–water partition coefficient (Wildman–Crippen LogP) is 2.20. The smallest absolute Gasteiger partial charge is 0.325 e. The van der Waals surface area contributed by atoms with Crippen molar-refractivity contribution in [3.05, 3.63) is 64.7 Å². The van der Waals surface area contributed by atoms with Crippen LogP contribution in [0.2, 0.25) is 0 Å². The van der Waals surface area contributed by atoms with Crippen molar-refractivity contribution in [1.29, 1.82) is 0 Å². The van der Waals surface area contributed by atoms with E-state index in [0.717, 1.165) is 23.3 Å². The van der Waals surface area contributed by atoms with Gasteiger partial charge in [-0.05, 0) is 43.2 Å². The summed E-state index contributed by atoms with van der Waals surface area (Å²) >= 11 is 0. The Morgan fingerprint density at radius 1 is 1.03 bits per heavy atom. The molecule has 3 N–H and O–H groups in total. The molecule has 0 aromatic heterocycles. The van der Waals surface area contributed by atoms with Gasteiger partial charge in [0.2, 0.25) is 0 Å². The number of benzene rings is 2. The highest BCUT2D eigenvalue weighted by molar-refractivity contribution is 6.02. The first-order chi connectivity index (χ1) is 14.2. The van der Waals surface area contributed by atoms with Gasteiger partial charge in [0.05, 0.1) is 5.56 Å². The molecule has 0 saturated carbocycles. The van der Waals surface area contributed by atoms with Crippen molar-refractivity contribution < 1.29 is 32.7 Å². The third-order valence-corrected chi connectivity index (χ3v) is 4.04. The molecular weight excluding hydrogens is 400 g/mol. The molecule has 0 spiro atoms. The molecule has 4 amide bonds. The normalized spacial score (nSPS) is 10.1. The van der Waals surface area contributed by atoms with Crippen LogP contribution in [0, 0.1) is 25.5 Å². The highest BCUT2D eigenvalue weighted by Crippen LogP contribution is 2.17. The van der Waals surface area contributed by atoms with Crippen molar-refractivity contribution in [1.82, 2.24) is 10.6 Å². The van der Waals surface area contributed by atoms with E-state index in [-0.39, 0.29) is 0 Å². The molecule has 2 aromatic carbocycles.